The number of hydrogen-bond acceptors (Lipinski definition) is 3. The highest BCUT2D eigenvalue weighted by Crippen LogP contribution is 2.30. The van der Waals surface area contributed by atoms with Crippen LogP contribution in [0.4, 0.5) is 11.4 Å². The highest BCUT2D eigenvalue weighted by Gasteiger charge is 2.30. The normalized spacial score (nSPS) is 20.0. The summed E-state index contributed by atoms with van der Waals surface area (Å²) in [4.78, 5) is 14.7. The molecule has 1 aromatic carbocycles. The molecule has 1 aliphatic rings. The zero-order valence-electron chi connectivity index (χ0n) is 13.6. The molecule has 2 rings (SSSR count). The Hall–Kier alpha value is -1.55. The number of carbonyl (C=O) groups excluding carboxylic acids is 1. The van der Waals surface area contributed by atoms with Gasteiger partial charge in [0.25, 0.3) is 0 Å². The third kappa shape index (κ3) is 3.76. The summed E-state index contributed by atoms with van der Waals surface area (Å²) in [6.07, 6.45) is 2.28. The molecule has 1 atom stereocenters. The second-order valence-corrected chi connectivity index (χ2v) is 6.89. The van der Waals surface area contributed by atoms with E-state index in [-0.39, 0.29) is 11.9 Å². The van der Waals surface area contributed by atoms with E-state index in [1.165, 1.54) is 0 Å². The summed E-state index contributed by atoms with van der Waals surface area (Å²) in [6, 6.07) is 5.50. The van der Waals surface area contributed by atoms with Gasteiger partial charge in [-0.05, 0) is 62.9 Å². The van der Waals surface area contributed by atoms with E-state index >= 15 is 0 Å². The second-order valence-electron chi connectivity index (χ2n) is 6.89. The van der Waals surface area contributed by atoms with Gasteiger partial charge in [-0.25, -0.2) is 0 Å². The Kier molecular flexibility index (Phi) is 4.57. The van der Waals surface area contributed by atoms with Crippen molar-refractivity contribution >= 4 is 17.3 Å². The molecule has 3 N–H and O–H groups in total. The zero-order valence-corrected chi connectivity index (χ0v) is 13.6. The third-order valence-electron chi connectivity index (χ3n) is 4.71. The Morgan fingerprint density at radius 1 is 1.33 bits per heavy atom. The summed E-state index contributed by atoms with van der Waals surface area (Å²) in [6.45, 7) is 10.5. The van der Waals surface area contributed by atoms with Crippen molar-refractivity contribution in [3.8, 4) is 0 Å². The number of rotatable bonds is 3. The number of amides is 1. The van der Waals surface area contributed by atoms with Crippen LogP contribution in [0.25, 0.3) is 0 Å². The van der Waals surface area contributed by atoms with Crippen molar-refractivity contribution in [2.24, 2.45) is 5.41 Å². The molecule has 0 radical (unpaired) electrons. The van der Waals surface area contributed by atoms with Crippen LogP contribution in [0.3, 0.4) is 0 Å². The fourth-order valence-corrected chi connectivity index (χ4v) is 2.71. The minimum atomic E-state index is -0.109. The summed E-state index contributed by atoms with van der Waals surface area (Å²) in [5.74, 6) is 0.0448. The average molecular weight is 289 g/mol. The number of nitrogen functional groups attached to an aromatic ring is 1. The number of nitrogens with one attached hydrogen (secondary N) is 1. The lowest BCUT2D eigenvalue weighted by atomic mass is 9.82. The number of nitrogens with two attached hydrogens (primary N) is 1. The van der Waals surface area contributed by atoms with Gasteiger partial charge in [0, 0.05) is 11.4 Å². The molecule has 116 valence electrons. The number of nitrogens with zero attached hydrogens (tertiary/aromatic N) is 1. The number of anilines is 2. The van der Waals surface area contributed by atoms with Crippen LogP contribution in [0.5, 0.6) is 0 Å². The monoisotopic (exact) mass is 289 g/mol. The van der Waals surface area contributed by atoms with Crippen molar-refractivity contribution < 1.29 is 4.79 Å². The molecule has 4 heteroatoms. The molecule has 1 saturated heterocycles. The van der Waals surface area contributed by atoms with Crippen LogP contribution in [0.15, 0.2) is 18.2 Å². The Morgan fingerprint density at radius 2 is 1.95 bits per heavy atom. The van der Waals surface area contributed by atoms with Crippen molar-refractivity contribution in [2.75, 3.05) is 24.1 Å². The fourth-order valence-electron chi connectivity index (χ4n) is 2.71. The number of piperidine rings is 1. The van der Waals surface area contributed by atoms with E-state index in [9.17, 15) is 4.79 Å². The van der Waals surface area contributed by atoms with Crippen LogP contribution in [-0.2, 0) is 4.79 Å². The molecule has 21 heavy (non-hydrogen) atoms. The van der Waals surface area contributed by atoms with Crippen LogP contribution in [-0.4, -0.2) is 29.9 Å². The van der Waals surface area contributed by atoms with Crippen molar-refractivity contribution in [2.45, 2.75) is 46.6 Å². The van der Waals surface area contributed by atoms with Gasteiger partial charge in [0.15, 0.2) is 0 Å². The van der Waals surface area contributed by atoms with Crippen LogP contribution in [0, 0.1) is 12.3 Å². The maximum atomic E-state index is 12.4. The molecule has 1 aromatic rings. The van der Waals surface area contributed by atoms with Crippen LogP contribution in [0.1, 0.15) is 39.2 Å². The summed E-state index contributed by atoms with van der Waals surface area (Å²) in [7, 11) is 0. The van der Waals surface area contributed by atoms with Crippen molar-refractivity contribution in [1.82, 2.24) is 4.90 Å². The lowest BCUT2D eigenvalue weighted by Gasteiger charge is -2.39. The molecular weight excluding hydrogens is 262 g/mol. The standard InChI is InChI=1S/C17H27N3O/c1-12-14(18)6-5-7-15(12)19-16(21)13(2)20-10-8-17(3,4)9-11-20/h5-7,13H,8-11,18H2,1-4H3,(H,19,21). The first-order chi connectivity index (χ1) is 9.80. The first-order valence-corrected chi connectivity index (χ1v) is 7.70. The van der Waals surface area contributed by atoms with Crippen molar-refractivity contribution in [3.63, 3.8) is 0 Å². The van der Waals surface area contributed by atoms with E-state index in [1.807, 2.05) is 32.0 Å². The quantitative estimate of drug-likeness (QED) is 0.841. The van der Waals surface area contributed by atoms with E-state index in [1.54, 1.807) is 0 Å². The average Bonchev–Trinajstić information content (AvgIpc) is 2.43. The van der Waals surface area contributed by atoms with Gasteiger partial charge in [-0.1, -0.05) is 19.9 Å². The maximum absolute atomic E-state index is 12.4. The van der Waals surface area contributed by atoms with E-state index in [0.717, 1.165) is 37.2 Å². The van der Waals surface area contributed by atoms with Gasteiger partial charge in [0.05, 0.1) is 6.04 Å². The molecule has 4 nitrogen and oxygen atoms in total. The Morgan fingerprint density at radius 3 is 2.57 bits per heavy atom. The molecule has 0 bridgehead atoms. The van der Waals surface area contributed by atoms with E-state index < -0.39 is 0 Å². The molecular formula is C17H27N3O. The molecule has 0 aliphatic carbocycles. The van der Waals surface area contributed by atoms with Crippen molar-refractivity contribution in [1.29, 1.82) is 0 Å². The first kappa shape index (κ1) is 15.8. The number of benzene rings is 1. The molecule has 0 aromatic heterocycles. The lowest BCUT2D eigenvalue weighted by molar-refractivity contribution is -0.121. The van der Waals surface area contributed by atoms with E-state index in [4.69, 9.17) is 5.73 Å². The molecule has 1 amide bonds. The summed E-state index contributed by atoms with van der Waals surface area (Å²) >= 11 is 0. The highest BCUT2D eigenvalue weighted by molar-refractivity contribution is 5.95. The summed E-state index contributed by atoms with van der Waals surface area (Å²) in [5, 5.41) is 3.01. The van der Waals surface area contributed by atoms with Gasteiger partial charge in [-0.15, -0.1) is 0 Å². The molecule has 1 fully saturated rings. The summed E-state index contributed by atoms with van der Waals surface area (Å²) < 4.78 is 0. The predicted molar refractivity (Wildman–Crippen MR) is 88.3 cm³/mol. The highest BCUT2D eigenvalue weighted by atomic mass is 16.2. The zero-order chi connectivity index (χ0) is 15.6. The minimum Gasteiger partial charge on any atom is -0.398 e. The molecule has 0 saturated carbocycles. The Balaban J connectivity index is 1.99. The summed E-state index contributed by atoms with van der Waals surface area (Å²) in [5.41, 5.74) is 8.73. The third-order valence-corrected chi connectivity index (χ3v) is 4.71. The van der Waals surface area contributed by atoms with Gasteiger partial charge in [-0.3, -0.25) is 9.69 Å². The van der Waals surface area contributed by atoms with Crippen molar-refractivity contribution in [3.05, 3.63) is 23.8 Å². The fraction of sp³-hybridized carbons (Fsp3) is 0.588. The lowest BCUT2D eigenvalue weighted by Crippen LogP contribution is -2.47. The van der Waals surface area contributed by atoms with E-state index in [0.29, 0.717) is 11.1 Å². The SMILES string of the molecule is Cc1c(N)cccc1NC(=O)C(C)N1CCC(C)(C)CC1. The molecule has 1 unspecified atom stereocenters. The number of likely N-dealkylation sites (tertiary alicyclic amines) is 1. The van der Waals surface area contributed by atoms with E-state index in [2.05, 4.69) is 24.1 Å². The number of carbonyl (C=O) groups is 1. The smallest absolute Gasteiger partial charge is 0.241 e. The Labute approximate surface area is 127 Å². The predicted octanol–water partition coefficient (Wildman–Crippen LogP) is 3.03. The van der Waals surface area contributed by atoms with Crippen LogP contribution in [0.2, 0.25) is 0 Å². The van der Waals surface area contributed by atoms with Gasteiger partial charge in [0.1, 0.15) is 0 Å². The Bertz CT molecular complexity index is 515. The van der Waals surface area contributed by atoms with Crippen LogP contribution >= 0.6 is 0 Å². The molecule has 1 aliphatic heterocycles. The van der Waals surface area contributed by atoms with Gasteiger partial charge in [0.2, 0.25) is 5.91 Å². The topological polar surface area (TPSA) is 58.4 Å². The minimum absolute atomic E-state index is 0.0448. The molecule has 0 spiro atoms. The number of hydrogen-bond donors (Lipinski definition) is 2. The largest absolute Gasteiger partial charge is 0.398 e. The second kappa shape index (κ2) is 6.06. The van der Waals surface area contributed by atoms with Crippen LogP contribution < -0.4 is 11.1 Å². The van der Waals surface area contributed by atoms with Gasteiger partial charge in [-0.2, -0.15) is 0 Å². The maximum Gasteiger partial charge on any atom is 0.241 e. The first-order valence-electron chi connectivity index (χ1n) is 7.70. The molecule has 1 heterocycles. The van der Waals surface area contributed by atoms with Gasteiger partial charge < -0.3 is 11.1 Å². The van der Waals surface area contributed by atoms with Gasteiger partial charge >= 0.3 is 0 Å².